The summed E-state index contributed by atoms with van der Waals surface area (Å²) in [5.74, 6) is -0.776. The number of carbonyl (C=O) groups excluding carboxylic acids is 1. The standard InChI is InChI=1S/C19H20F3NO3/c1-11-5-6-15(23-10-11)12-7-13(16(24)19(20,21)22)9-14(8-12)17(25)26-18(2,3)4/h5-10,16,24H,1-4H3/t16-/m1/s1. The summed E-state index contributed by atoms with van der Waals surface area (Å²) in [6.07, 6.45) is -6.01. The first kappa shape index (κ1) is 19.9. The molecule has 7 heteroatoms. The number of benzene rings is 1. The first-order valence-corrected chi connectivity index (χ1v) is 7.93. The van der Waals surface area contributed by atoms with Gasteiger partial charge in [-0.1, -0.05) is 6.07 Å². The average Bonchev–Trinajstić information content (AvgIpc) is 2.52. The highest BCUT2D eigenvalue weighted by Crippen LogP contribution is 2.35. The molecule has 2 rings (SSSR count). The maximum Gasteiger partial charge on any atom is 0.418 e. The highest BCUT2D eigenvalue weighted by atomic mass is 19.4. The molecule has 0 saturated heterocycles. The van der Waals surface area contributed by atoms with E-state index in [2.05, 4.69) is 4.98 Å². The Labute approximate surface area is 149 Å². The molecule has 1 N–H and O–H groups in total. The van der Waals surface area contributed by atoms with E-state index in [1.165, 1.54) is 12.1 Å². The molecule has 4 nitrogen and oxygen atoms in total. The van der Waals surface area contributed by atoms with Crippen LogP contribution in [-0.2, 0) is 4.74 Å². The number of pyridine rings is 1. The molecule has 0 amide bonds. The van der Waals surface area contributed by atoms with Gasteiger partial charge in [0, 0.05) is 11.8 Å². The number of alkyl halides is 3. The number of esters is 1. The van der Waals surface area contributed by atoms with Crippen LogP contribution in [0.1, 0.15) is 48.4 Å². The normalized spacial score (nSPS) is 13.4. The van der Waals surface area contributed by atoms with E-state index in [0.29, 0.717) is 5.69 Å². The fraction of sp³-hybridized carbons (Fsp3) is 0.368. The lowest BCUT2D eigenvalue weighted by molar-refractivity contribution is -0.206. The quantitative estimate of drug-likeness (QED) is 0.805. The Morgan fingerprint density at radius 2 is 1.81 bits per heavy atom. The molecule has 0 aliphatic rings. The predicted octanol–water partition coefficient (Wildman–Crippen LogP) is 4.61. The molecule has 140 valence electrons. The summed E-state index contributed by atoms with van der Waals surface area (Å²) in [6, 6.07) is 6.95. The van der Waals surface area contributed by atoms with E-state index in [-0.39, 0.29) is 11.1 Å². The van der Waals surface area contributed by atoms with Gasteiger partial charge < -0.3 is 9.84 Å². The Kier molecular flexibility index (Phi) is 5.41. The van der Waals surface area contributed by atoms with Gasteiger partial charge in [-0.2, -0.15) is 13.2 Å². The van der Waals surface area contributed by atoms with E-state index < -0.39 is 29.4 Å². The van der Waals surface area contributed by atoms with Crippen LogP contribution in [0.5, 0.6) is 0 Å². The molecule has 0 aliphatic heterocycles. The van der Waals surface area contributed by atoms with Gasteiger partial charge in [0.1, 0.15) is 5.60 Å². The largest absolute Gasteiger partial charge is 0.456 e. The molecule has 0 bridgehead atoms. The lowest BCUT2D eigenvalue weighted by Crippen LogP contribution is -2.24. The van der Waals surface area contributed by atoms with Crippen molar-refractivity contribution in [2.75, 3.05) is 0 Å². The van der Waals surface area contributed by atoms with E-state index >= 15 is 0 Å². The van der Waals surface area contributed by atoms with Crippen molar-refractivity contribution in [3.8, 4) is 11.3 Å². The third-order valence-electron chi connectivity index (χ3n) is 3.42. The first-order chi connectivity index (χ1) is 11.9. The second-order valence-corrected chi connectivity index (χ2v) is 7.01. The summed E-state index contributed by atoms with van der Waals surface area (Å²) < 4.78 is 44.1. The SMILES string of the molecule is Cc1ccc(-c2cc(C(=O)OC(C)(C)C)cc([C@@H](O)C(F)(F)F)c2)nc1. The minimum absolute atomic E-state index is 0.0851. The number of aromatic nitrogens is 1. The lowest BCUT2D eigenvalue weighted by atomic mass is 9.99. The molecule has 1 atom stereocenters. The molecular weight excluding hydrogens is 347 g/mol. The third-order valence-corrected chi connectivity index (χ3v) is 3.42. The Morgan fingerprint density at radius 1 is 1.15 bits per heavy atom. The van der Waals surface area contributed by atoms with Gasteiger partial charge in [0.2, 0.25) is 0 Å². The number of rotatable bonds is 3. The van der Waals surface area contributed by atoms with Crippen LogP contribution in [-0.4, -0.2) is 27.8 Å². The average molecular weight is 367 g/mol. The van der Waals surface area contributed by atoms with Crippen molar-refractivity contribution in [2.45, 2.75) is 45.6 Å². The van der Waals surface area contributed by atoms with Crippen molar-refractivity contribution >= 4 is 5.97 Å². The van der Waals surface area contributed by atoms with Crippen LogP contribution in [0.4, 0.5) is 13.2 Å². The van der Waals surface area contributed by atoms with Gasteiger partial charge in [-0.3, -0.25) is 4.98 Å². The lowest BCUT2D eigenvalue weighted by Gasteiger charge is -2.21. The highest BCUT2D eigenvalue weighted by Gasteiger charge is 2.40. The Bertz CT molecular complexity index is 793. The number of hydrogen-bond acceptors (Lipinski definition) is 4. The number of aryl methyl sites for hydroxylation is 1. The van der Waals surface area contributed by atoms with Crippen LogP contribution in [0.15, 0.2) is 36.5 Å². The summed E-state index contributed by atoms with van der Waals surface area (Å²) >= 11 is 0. The molecule has 0 aliphatic carbocycles. The van der Waals surface area contributed by atoms with Gasteiger partial charge in [-0.25, -0.2) is 4.79 Å². The molecule has 0 unspecified atom stereocenters. The van der Waals surface area contributed by atoms with Crippen molar-refractivity contribution in [2.24, 2.45) is 0 Å². The van der Waals surface area contributed by atoms with Crippen molar-refractivity contribution in [1.82, 2.24) is 4.98 Å². The van der Waals surface area contributed by atoms with Gasteiger partial charge in [-0.05, 0) is 63.1 Å². The van der Waals surface area contributed by atoms with Crippen LogP contribution in [0, 0.1) is 6.92 Å². The summed E-state index contributed by atoms with van der Waals surface area (Å²) in [5, 5.41) is 9.61. The van der Waals surface area contributed by atoms with Gasteiger partial charge >= 0.3 is 12.1 Å². The Morgan fingerprint density at radius 3 is 2.31 bits per heavy atom. The molecule has 26 heavy (non-hydrogen) atoms. The first-order valence-electron chi connectivity index (χ1n) is 7.93. The number of aliphatic hydroxyl groups excluding tert-OH is 1. The Hall–Kier alpha value is -2.41. The summed E-state index contributed by atoms with van der Waals surface area (Å²) in [6.45, 7) is 6.79. The molecular formula is C19H20F3NO3. The zero-order chi connectivity index (χ0) is 19.7. The van der Waals surface area contributed by atoms with E-state index in [9.17, 15) is 23.1 Å². The molecule has 0 fully saturated rings. The summed E-state index contributed by atoms with van der Waals surface area (Å²) in [4.78, 5) is 16.5. The van der Waals surface area contributed by atoms with Gasteiger partial charge in [0.15, 0.2) is 6.10 Å². The van der Waals surface area contributed by atoms with Gasteiger partial charge in [-0.15, -0.1) is 0 Å². The zero-order valence-electron chi connectivity index (χ0n) is 14.9. The maximum absolute atomic E-state index is 12.9. The topological polar surface area (TPSA) is 59.4 Å². The fourth-order valence-electron chi connectivity index (χ4n) is 2.24. The van der Waals surface area contributed by atoms with Crippen LogP contribution in [0.25, 0.3) is 11.3 Å². The summed E-state index contributed by atoms with van der Waals surface area (Å²) in [7, 11) is 0. The third kappa shape index (κ3) is 5.05. The van der Waals surface area contributed by atoms with Crippen LogP contribution >= 0.6 is 0 Å². The molecule has 2 aromatic rings. The number of carbonyl (C=O) groups is 1. The second kappa shape index (κ2) is 7.07. The molecule has 1 heterocycles. The van der Waals surface area contributed by atoms with Crippen LogP contribution in [0.2, 0.25) is 0 Å². The number of hydrogen-bond donors (Lipinski definition) is 1. The van der Waals surface area contributed by atoms with Crippen molar-refractivity contribution in [3.63, 3.8) is 0 Å². The maximum atomic E-state index is 12.9. The van der Waals surface area contributed by atoms with Gasteiger partial charge in [0.05, 0.1) is 11.3 Å². The summed E-state index contributed by atoms with van der Waals surface area (Å²) in [5.41, 5.74) is 0.213. The number of nitrogens with zero attached hydrogens (tertiary/aromatic N) is 1. The highest BCUT2D eigenvalue weighted by molar-refractivity contribution is 5.91. The minimum Gasteiger partial charge on any atom is -0.456 e. The monoisotopic (exact) mass is 367 g/mol. The molecule has 1 aromatic heterocycles. The van der Waals surface area contributed by atoms with Crippen LogP contribution < -0.4 is 0 Å². The van der Waals surface area contributed by atoms with Crippen molar-refractivity contribution < 1.29 is 27.8 Å². The van der Waals surface area contributed by atoms with Crippen molar-refractivity contribution in [1.29, 1.82) is 0 Å². The van der Waals surface area contributed by atoms with E-state index in [0.717, 1.165) is 11.6 Å². The Balaban J connectivity index is 2.55. The van der Waals surface area contributed by atoms with E-state index in [4.69, 9.17) is 4.74 Å². The smallest absolute Gasteiger partial charge is 0.418 e. The number of halogens is 3. The van der Waals surface area contributed by atoms with E-state index in [1.807, 2.05) is 6.92 Å². The van der Waals surface area contributed by atoms with Gasteiger partial charge in [0.25, 0.3) is 0 Å². The second-order valence-electron chi connectivity index (χ2n) is 7.01. The predicted molar refractivity (Wildman–Crippen MR) is 90.6 cm³/mol. The molecule has 0 spiro atoms. The minimum atomic E-state index is -4.86. The zero-order valence-corrected chi connectivity index (χ0v) is 14.9. The van der Waals surface area contributed by atoms with Crippen LogP contribution in [0.3, 0.4) is 0 Å². The molecule has 0 saturated carbocycles. The molecule has 0 radical (unpaired) electrons. The van der Waals surface area contributed by atoms with Crippen molar-refractivity contribution in [3.05, 3.63) is 53.2 Å². The van der Waals surface area contributed by atoms with E-state index in [1.54, 1.807) is 39.1 Å². The number of ether oxygens (including phenoxy) is 1. The fourth-order valence-corrected chi connectivity index (χ4v) is 2.24. The number of aliphatic hydroxyl groups is 1. The molecule has 1 aromatic carbocycles.